The van der Waals surface area contributed by atoms with Crippen molar-refractivity contribution in [2.75, 3.05) is 7.11 Å². The largest absolute Gasteiger partial charge is 0.508 e. The molecular formula is C33H24N2O8. The number of aromatic hydroxyl groups is 4. The Kier molecular flexibility index (Phi) is 5.45. The average Bonchev–Trinajstić information content (AvgIpc) is 2.98. The van der Waals surface area contributed by atoms with E-state index in [4.69, 9.17) is 4.74 Å². The topological polar surface area (TPSA) is 159 Å². The van der Waals surface area contributed by atoms with Crippen molar-refractivity contribution in [3.8, 4) is 45.6 Å². The lowest BCUT2D eigenvalue weighted by atomic mass is 9.75. The van der Waals surface area contributed by atoms with Gasteiger partial charge in [0.15, 0.2) is 5.78 Å². The zero-order valence-electron chi connectivity index (χ0n) is 23.3. The van der Waals surface area contributed by atoms with E-state index in [1.165, 1.54) is 24.9 Å². The van der Waals surface area contributed by atoms with Crippen molar-refractivity contribution in [1.82, 2.24) is 9.78 Å². The number of ether oxygens (including phenoxy) is 1. The predicted octanol–water partition coefficient (Wildman–Crippen LogP) is 4.37. The summed E-state index contributed by atoms with van der Waals surface area (Å²) in [5, 5.41) is 49.2. The second-order valence-electron chi connectivity index (χ2n) is 10.8. The standard InChI is InChI=1S/C33H24N2O8/c1-13-6-4-5-7-19(13)35-33(42)22-16(12-34-35)10-15-8-9-17-23(21(15)29(22)39)30(40)25-26(32(17)43-3)31(41)24-18(28(25)38)11-20(36)14(2)27(24)37/h4-7,10-12,36-37,39-40H,8-9H2,1-3H3. The lowest BCUT2D eigenvalue weighted by molar-refractivity contribution is 0.0971. The Morgan fingerprint density at radius 2 is 1.56 bits per heavy atom. The molecule has 0 fully saturated rings. The molecular weight excluding hydrogens is 552 g/mol. The summed E-state index contributed by atoms with van der Waals surface area (Å²) in [5.41, 5.74) is 0.806. The second kappa shape index (κ2) is 8.93. The van der Waals surface area contributed by atoms with E-state index in [2.05, 4.69) is 5.10 Å². The Balaban J connectivity index is 1.55. The number of carbonyl (C=O) groups is 2. The second-order valence-corrected chi connectivity index (χ2v) is 10.8. The zero-order chi connectivity index (χ0) is 30.5. The Morgan fingerprint density at radius 1 is 0.814 bits per heavy atom. The molecule has 0 saturated carbocycles. The van der Waals surface area contributed by atoms with Crippen molar-refractivity contribution in [2.45, 2.75) is 26.7 Å². The Morgan fingerprint density at radius 3 is 2.28 bits per heavy atom. The van der Waals surface area contributed by atoms with Crippen LogP contribution in [0.25, 0.3) is 27.6 Å². The molecule has 10 nitrogen and oxygen atoms in total. The number of hydrogen-bond donors (Lipinski definition) is 4. The molecule has 0 bridgehead atoms. The molecule has 214 valence electrons. The highest BCUT2D eigenvalue weighted by atomic mass is 16.5. The molecule has 0 unspecified atom stereocenters. The number of fused-ring (bicyclic) bond motifs is 6. The van der Waals surface area contributed by atoms with Crippen LogP contribution in [0.1, 0.15) is 54.1 Å². The highest BCUT2D eigenvalue weighted by Gasteiger charge is 2.42. The Hall–Kier alpha value is -5.64. The zero-order valence-corrected chi connectivity index (χ0v) is 23.3. The monoisotopic (exact) mass is 576 g/mol. The van der Waals surface area contributed by atoms with Crippen LogP contribution in [0.2, 0.25) is 0 Å². The van der Waals surface area contributed by atoms with Crippen molar-refractivity contribution in [1.29, 1.82) is 0 Å². The quantitative estimate of drug-likeness (QED) is 0.235. The molecule has 4 aromatic carbocycles. The van der Waals surface area contributed by atoms with Crippen molar-refractivity contribution in [2.24, 2.45) is 0 Å². The van der Waals surface area contributed by atoms with Crippen molar-refractivity contribution >= 4 is 22.3 Å². The average molecular weight is 577 g/mol. The molecule has 1 aromatic heterocycles. The molecule has 0 spiro atoms. The van der Waals surface area contributed by atoms with Crippen LogP contribution in [0.5, 0.6) is 28.7 Å². The summed E-state index contributed by atoms with van der Waals surface area (Å²) in [6.07, 6.45) is 2.13. The van der Waals surface area contributed by atoms with Crippen molar-refractivity contribution in [3.05, 3.63) is 97.5 Å². The van der Waals surface area contributed by atoms with Gasteiger partial charge in [-0.25, -0.2) is 0 Å². The van der Waals surface area contributed by atoms with E-state index in [-0.39, 0.29) is 56.5 Å². The summed E-state index contributed by atoms with van der Waals surface area (Å²) in [7, 11) is 1.32. The lowest BCUT2D eigenvalue weighted by Gasteiger charge is -2.29. The highest BCUT2D eigenvalue weighted by molar-refractivity contribution is 6.32. The van der Waals surface area contributed by atoms with Gasteiger partial charge in [-0.3, -0.25) is 14.4 Å². The molecule has 1 heterocycles. The molecule has 43 heavy (non-hydrogen) atoms. The van der Waals surface area contributed by atoms with Crippen molar-refractivity contribution < 1.29 is 34.8 Å². The SMILES string of the molecule is COc1c2c(c(O)c3c1C(=O)c1c(cc(O)c(C)c1O)C3=O)-c1c(cc3cnn(-c4ccccc4C)c(=O)c3c1O)CC2. The maximum Gasteiger partial charge on any atom is 0.283 e. The first-order chi connectivity index (χ1) is 20.6. The van der Waals surface area contributed by atoms with Gasteiger partial charge in [-0.15, -0.1) is 0 Å². The minimum absolute atomic E-state index is 0.0223. The number of phenolic OH excluding ortho intramolecular Hbond substituents is 4. The molecule has 0 amide bonds. The molecule has 2 aliphatic carbocycles. The summed E-state index contributed by atoms with van der Waals surface area (Å²) >= 11 is 0. The van der Waals surface area contributed by atoms with Crippen LogP contribution in [0.4, 0.5) is 0 Å². The van der Waals surface area contributed by atoms with Gasteiger partial charge >= 0.3 is 0 Å². The normalized spacial score (nSPS) is 13.4. The smallest absolute Gasteiger partial charge is 0.283 e. The lowest BCUT2D eigenvalue weighted by Crippen LogP contribution is -2.25. The van der Waals surface area contributed by atoms with Gasteiger partial charge in [0.1, 0.15) is 28.7 Å². The van der Waals surface area contributed by atoms with Gasteiger partial charge in [0.25, 0.3) is 5.56 Å². The molecule has 0 atom stereocenters. The minimum Gasteiger partial charge on any atom is -0.508 e. The number of aryl methyl sites for hydroxylation is 2. The summed E-state index contributed by atoms with van der Waals surface area (Å²) in [6.45, 7) is 3.24. The molecule has 0 radical (unpaired) electrons. The summed E-state index contributed by atoms with van der Waals surface area (Å²) in [5.74, 6) is -3.44. The third-order valence-electron chi connectivity index (χ3n) is 8.55. The maximum atomic E-state index is 13.8. The molecule has 4 N–H and O–H groups in total. The van der Waals surface area contributed by atoms with Gasteiger partial charge in [0.05, 0.1) is 41.1 Å². The van der Waals surface area contributed by atoms with E-state index in [9.17, 15) is 34.8 Å². The van der Waals surface area contributed by atoms with E-state index < -0.39 is 40.1 Å². The van der Waals surface area contributed by atoms with Crippen LogP contribution < -0.4 is 10.3 Å². The van der Waals surface area contributed by atoms with Crippen LogP contribution >= 0.6 is 0 Å². The Labute approximate surface area is 243 Å². The van der Waals surface area contributed by atoms with Crippen LogP contribution in [0, 0.1) is 13.8 Å². The number of rotatable bonds is 2. The van der Waals surface area contributed by atoms with Gasteiger partial charge in [0.2, 0.25) is 5.78 Å². The fraction of sp³-hybridized carbons (Fsp3) is 0.152. The van der Waals surface area contributed by atoms with Gasteiger partial charge in [-0.2, -0.15) is 9.78 Å². The first kappa shape index (κ1) is 26.3. The number of carbonyl (C=O) groups excluding carboxylic acids is 2. The summed E-state index contributed by atoms with van der Waals surface area (Å²) in [4.78, 5) is 41.4. The number of aromatic nitrogens is 2. The predicted molar refractivity (Wildman–Crippen MR) is 156 cm³/mol. The number of phenols is 4. The maximum absolute atomic E-state index is 13.8. The van der Waals surface area contributed by atoms with Crippen LogP contribution in [0.3, 0.4) is 0 Å². The number of benzene rings is 4. The first-order valence-electron chi connectivity index (χ1n) is 13.5. The van der Waals surface area contributed by atoms with Crippen LogP contribution in [-0.2, 0) is 12.8 Å². The van der Waals surface area contributed by atoms with E-state index in [1.54, 1.807) is 18.2 Å². The molecule has 5 aromatic rings. The first-order valence-corrected chi connectivity index (χ1v) is 13.5. The molecule has 0 saturated heterocycles. The van der Waals surface area contributed by atoms with Gasteiger partial charge in [0, 0.05) is 33.2 Å². The molecule has 10 heteroatoms. The van der Waals surface area contributed by atoms with E-state index in [0.29, 0.717) is 28.6 Å². The number of methoxy groups -OCH3 is 1. The van der Waals surface area contributed by atoms with Gasteiger partial charge < -0.3 is 25.2 Å². The van der Waals surface area contributed by atoms with Crippen molar-refractivity contribution in [3.63, 3.8) is 0 Å². The number of nitrogens with zero attached hydrogens (tertiary/aromatic N) is 2. The Bertz CT molecular complexity index is 2200. The van der Waals surface area contributed by atoms with Crippen LogP contribution in [0.15, 0.2) is 47.4 Å². The third kappa shape index (κ3) is 3.34. The minimum atomic E-state index is -0.813. The van der Waals surface area contributed by atoms with E-state index in [1.807, 2.05) is 19.1 Å². The highest BCUT2D eigenvalue weighted by Crippen LogP contribution is 2.54. The molecule has 0 aliphatic heterocycles. The fourth-order valence-corrected chi connectivity index (χ4v) is 6.42. The van der Waals surface area contributed by atoms with Gasteiger partial charge in [-0.05, 0) is 56.0 Å². The summed E-state index contributed by atoms with van der Waals surface area (Å²) < 4.78 is 6.87. The molecule has 7 rings (SSSR count). The summed E-state index contributed by atoms with van der Waals surface area (Å²) in [6, 6.07) is 9.98. The van der Waals surface area contributed by atoms with E-state index in [0.717, 1.165) is 11.6 Å². The van der Waals surface area contributed by atoms with Gasteiger partial charge in [-0.1, -0.05) is 18.2 Å². The fourth-order valence-electron chi connectivity index (χ4n) is 6.42. The van der Waals surface area contributed by atoms with Crippen LogP contribution in [-0.4, -0.2) is 48.9 Å². The number of para-hydroxylation sites is 1. The number of hydrogen-bond acceptors (Lipinski definition) is 9. The third-order valence-corrected chi connectivity index (χ3v) is 8.55. The molecule has 2 aliphatic rings. The van der Waals surface area contributed by atoms with E-state index >= 15 is 0 Å². The number of ketones is 2.